The number of thiazole rings is 1. The Morgan fingerprint density at radius 1 is 1.25 bits per heavy atom. The van der Waals surface area contributed by atoms with Gasteiger partial charge in [-0.1, -0.05) is 29.5 Å². The molecule has 32 heavy (non-hydrogen) atoms. The van der Waals surface area contributed by atoms with E-state index in [0.717, 1.165) is 15.8 Å². The number of rotatable bonds is 8. The molecule has 1 heterocycles. The van der Waals surface area contributed by atoms with Crippen LogP contribution in [0.15, 0.2) is 42.5 Å². The summed E-state index contributed by atoms with van der Waals surface area (Å²) in [5.41, 5.74) is 2.35. The smallest absolute Gasteiger partial charge is 0.270 e. The number of ether oxygens (including phenoxy) is 1. The molecule has 8 nitrogen and oxygen atoms in total. The number of fused-ring (bicyclic) bond motifs is 1. The number of likely N-dealkylation sites (N-methyl/N-ethyl adjacent to an activating group) is 1. The molecule has 1 amide bonds. The SMILES string of the molecule is COc1ccc(C)c2sc(N(CCN(C)C)C(=O)C=Cc3cccc([N+](=O)[O-])c3)nc12.Cl. The van der Waals surface area contributed by atoms with Crippen molar-refractivity contribution in [1.82, 2.24) is 9.88 Å². The minimum atomic E-state index is -0.459. The fourth-order valence-corrected chi connectivity index (χ4v) is 4.06. The van der Waals surface area contributed by atoms with Crippen molar-refractivity contribution in [2.75, 3.05) is 39.2 Å². The largest absolute Gasteiger partial charge is 0.494 e. The summed E-state index contributed by atoms with van der Waals surface area (Å²) in [7, 11) is 5.47. The molecule has 0 unspecified atom stereocenters. The van der Waals surface area contributed by atoms with Crippen LogP contribution in [0, 0.1) is 17.0 Å². The molecule has 0 N–H and O–H groups in total. The molecule has 0 radical (unpaired) electrons. The van der Waals surface area contributed by atoms with Gasteiger partial charge in [-0.3, -0.25) is 19.8 Å². The van der Waals surface area contributed by atoms with E-state index in [1.807, 2.05) is 38.1 Å². The predicted octanol–water partition coefficient (Wildman–Crippen LogP) is 4.55. The van der Waals surface area contributed by atoms with Gasteiger partial charge in [0.25, 0.3) is 11.6 Å². The maximum atomic E-state index is 13.1. The monoisotopic (exact) mass is 476 g/mol. The summed E-state index contributed by atoms with van der Waals surface area (Å²) in [4.78, 5) is 31.9. The van der Waals surface area contributed by atoms with Crippen LogP contribution in [0.1, 0.15) is 11.1 Å². The third-order valence-corrected chi connectivity index (χ3v) is 5.89. The number of amides is 1. The molecule has 170 valence electrons. The molecule has 0 aliphatic rings. The van der Waals surface area contributed by atoms with Crippen molar-refractivity contribution in [2.24, 2.45) is 0 Å². The Bertz CT molecular complexity index is 1150. The molecule has 0 atom stereocenters. The number of hydrogen-bond donors (Lipinski definition) is 0. The second kappa shape index (κ2) is 11.0. The van der Waals surface area contributed by atoms with E-state index >= 15 is 0 Å². The maximum Gasteiger partial charge on any atom is 0.270 e. The Balaban J connectivity index is 0.00000363. The number of aromatic nitrogens is 1. The number of carbonyl (C=O) groups is 1. The van der Waals surface area contributed by atoms with Gasteiger partial charge in [-0.25, -0.2) is 4.98 Å². The highest BCUT2D eigenvalue weighted by atomic mass is 35.5. The maximum absolute atomic E-state index is 13.1. The van der Waals surface area contributed by atoms with Crippen molar-refractivity contribution in [1.29, 1.82) is 0 Å². The van der Waals surface area contributed by atoms with Gasteiger partial charge in [0.15, 0.2) is 5.13 Å². The summed E-state index contributed by atoms with van der Waals surface area (Å²) in [6, 6.07) is 9.99. The van der Waals surface area contributed by atoms with Crippen LogP contribution >= 0.6 is 23.7 Å². The predicted molar refractivity (Wildman–Crippen MR) is 131 cm³/mol. The molecule has 3 aromatic rings. The van der Waals surface area contributed by atoms with Crippen molar-refractivity contribution < 1.29 is 14.5 Å². The number of carbonyl (C=O) groups excluding carboxylic acids is 1. The summed E-state index contributed by atoms with van der Waals surface area (Å²) in [6.07, 6.45) is 3.00. The van der Waals surface area contributed by atoms with Gasteiger partial charge in [0.05, 0.1) is 16.7 Å². The number of nitro groups is 1. The van der Waals surface area contributed by atoms with Crippen molar-refractivity contribution >= 4 is 56.8 Å². The first-order valence-electron chi connectivity index (χ1n) is 9.63. The number of nitrogens with zero attached hydrogens (tertiary/aromatic N) is 4. The van der Waals surface area contributed by atoms with E-state index in [2.05, 4.69) is 0 Å². The van der Waals surface area contributed by atoms with Gasteiger partial charge in [0.1, 0.15) is 11.3 Å². The van der Waals surface area contributed by atoms with E-state index in [0.29, 0.717) is 29.5 Å². The number of benzene rings is 2. The lowest BCUT2D eigenvalue weighted by Crippen LogP contribution is -2.35. The Morgan fingerprint density at radius 2 is 2.00 bits per heavy atom. The summed E-state index contributed by atoms with van der Waals surface area (Å²) in [5.74, 6) is 0.416. The van der Waals surface area contributed by atoms with E-state index < -0.39 is 4.92 Å². The quantitative estimate of drug-likeness (QED) is 0.269. The van der Waals surface area contributed by atoms with E-state index in [-0.39, 0.29) is 24.0 Å². The number of hydrogen-bond acceptors (Lipinski definition) is 7. The van der Waals surface area contributed by atoms with Gasteiger partial charge in [-0.05, 0) is 44.3 Å². The molecule has 0 aliphatic heterocycles. The molecule has 0 aliphatic carbocycles. The minimum absolute atomic E-state index is 0. The van der Waals surface area contributed by atoms with Crippen LogP contribution < -0.4 is 9.64 Å². The zero-order chi connectivity index (χ0) is 22.5. The van der Waals surface area contributed by atoms with Gasteiger partial charge in [0, 0.05) is 31.3 Å². The van der Waals surface area contributed by atoms with Gasteiger partial charge < -0.3 is 9.64 Å². The van der Waals surface area contributed by atoms with Gasteiger partial charge in [-0.2, -0.15) is 0 Å². The second-order valence-electron chi connectivity index (χ2n) is 7.24. The van der Waals surface area contributed by atoms with Gasteiger partial charge in [-0.15, -0.1) is 12.4 Å². The van der Waals surface area contributed by atoms with Crippen LogP contribution in [0.25, 0.3) is 16.3 Å². The normalized spacial score (nSPS) is 11.0. The van der Waals surface area contributed by atoms with Crippen molar-refractivity contribution in [2.45, 2.75) is 6.92 Å². The van der Waals surface area contributed by atoms with Crippen LogP contribution in [-0.4, -0.2) is 55.0 Å². The molecule has 0 saturated carbocycles. The molecular weight excluding hydrogens is 452 g/mol. The minimum Gasteiger partial charge on any atom is -0.494 e. The summed E-state index contributed by atoms with van der Waals surface area (Å²) >= 11 is 1.44. The first kappa shape index (κ1) is 25.3. The molecule has 2 aromatic carbocycles. The van der Waals surface area contributed by atoms with E-state index in [4.69, 9.17) is 9.72 Å². The molecule has 10 heteroatoms. The fraction of sp³-hybridized carbons (Fsp3) is 0.273. The highest BCUT2D eigenvalue weighted by molar-refractivity contribution is 7.22. The number of anilines is 1. The first-order valence-corrected chi connectivity index (χ1v) is 10.4. The number of aryl methyl sites for hydroxylation is 1. The number of halogens is 1. The molecule has 1 aromatic heterocycles. The van der Waals surface area contributed by atoms with Gasteiger partial charge in [0.2, 0.25) is 0 Å². The number of nitro benzene ring substituents is 1. The summed E-state index contributed by atoms with van der Waals surface area (Å²) in [6.45, 7) is 3.10. The highest BCUT2D eigenvalue weighted by Gasteiger charge is 2.20. The topological polar surface area (TPSA) is 88.8 Å². The zero-order valence-corrected chi connectivity index (χ0v) is 19.9. The Morgan fingerprint density at radius 3 is 2.66 bits per heavy atom. The van der Waals surface area contributed by atoms with Gasteiger partial charge >= 0.3 is 0 Å². The average molecular weight is 477 g/mol. The third kappa shape index (κ3) is 5.82. The highest BCUT2D eigenvalue weighted by Crippen LogP contribution is 2.36. The van der Waals surface area contributed by atoms with Crippen LogP contribution in [0.4, 0.5) is 10.8 Å². The molecule has 0 fully saturated rings. The lowest BCUT2D eigenvalue weighted by molar-refractivity contribution is -0.384. The lowest BCUT2D eigenvalue weighted by Gasteiger charge is -2.20. The third-order valence-electron chi connectivity index (χ3n) is 4.68. The van der Waals surface area contributed by atoms with E-state index in [9.17, 15) is 14.9 Å². The van der Waals surface area contributed by atoms with Crippen molar-refractivity contribution in [3.05, 3.63) is 63.7 Å². The standard InChI is InChI=1S/C22H24N4O4S.ClH/c1-15-8-10-18(30-4)20-21(15)31-22(23-20)25(13-12-24(2)3)19(27)11-9-16-6-5-7-17(14-16)26(28)29;/h5-11,14H,12-13H2,1-4H3;1H. The molecule has 0 saturated heterocycles. The fourth-order valence-electron chi connectivity index (χ4n) is 2.98. The summed E-state index contributed by atoms with van der Waals surface area (Å²) < 4.78 is 6.41. The molecule has 0 spiro atoms. The van der Waals surface area contributed by atoms with Crippen LogP contribution in [-0.2, 0) is 4.79 Å². The van der Waals surface area contributed by atoms with E-state index in [1.165, 1.54) is 29.5 Å². The zero-order valence-electron chi connectivity index (χ0n) is 18.3. The van der Waals surface area contributed by atoms with Crippen molar-refractivity contribution in [3.8, 4) is 5.75 Å². The Kier molecular flexibility index (Phi) is 8.71. The van der Waals surface area contributed by atoms with Crippen LogP contribution in [0.3, 0.4) is 0 Å². The number of non-ortho nitro benzene ring substituents is 1. The summed E-state index contributed by atoms with van der Waals surface area (Å²) in [5, 5.41) is 11.6. The second-order valence-corrected chi connectivity index (χ2v) is 8.21. The van der Waals surface area contributed by atoms with Crippen LogP contribution in [0.2, 0.25) is 0 Å². The first-order chi connectivity index (χ1) is 14.8. The van der Waals surface area contributed by atoms with Crippen LogP contribution in [0.5, 0.6) is 5.75 Å². The lowest BCUT2D eigenvalue weighted by atomic mass is 10.2. The Labute approximate surface area is 196 Å². The molecular formula is C22H25ClN4O4S. The molecule has 3 rings (SSSR count). The molecule has 0 bridgehead atoms. The van der Waals surface area contributed by atoms with Crippen molar-refractivity contribution in [3.63, 3.8) is 0 Å². The number of methoxy groups -OCH3 is 1. The Hall–Kier alpha value is -3.01. The van der Waals surface area contributed by atoms with E-state index in [1.54, 1.807) is 30.2 Å². The average Bonchev–Trinajstić information content (AvgIpc) is 3.18.